The molecule has 0 unspecified atom stereocenters. The minimum absolute atomic E-state index is 0.209. The van der Waals surface area contributed by atoms with Gasteiger partial charge in [0.05, 0.1) is 4.88 Å². The van der Waals surface area contributed by atoms with Crippen LogP contribution in [0.3, 0.4) is 0 Å². The number of rotatable bonds is 9. The lowest BCUT2D eigenvalue weighted by Crippen LogP contribution is -2.18. The van der Waals surface area contributed by atoms with Crippen LogP contribution in [0.5, 0.6) is 0 Å². The van der Waals surface area contributed by atoms with E-state index in [1.54, 1.807) is 11.3 Å². The molecule has 0 amide bonds. The largest absolute Gasteiger partial charge is 0.481 e. The SMILES string of the molecule is O=C(O)CCCNCCCc1nc(-c2cccs2)no1. The van der Waals surface area contributed by atoms with Crippen LogP contribution >= 0.6 is 11.3 Å². The molecule has 2 N–H and O–H groups in total. The van der Waals surface area contributed by atoms with E-state index in [0.717, 1.165) is 30.8 Å². The van der Waals surface area contributed by atoms with Crippen LogP contribution in [-0.2, 0) is 11.2 Å². The summed E-state index contributed by atoms with van der Waals surface area (Å²) in [4.78, 5) is 15.7. The third-order valence-corrected chi connectivity index (χ3v) is 3.56. The van der Waals surface area contributed by atoms with Crippen molar-refractivity contribution in [2.75, 3.05) is 13.1 Å². The molecule has 0 bridgehead atoms. The number of aliphatic carboxylic acids is 1. The van der Waals surface area contributed by atoms with Crippen molar-refractivity contribution in [3.8, 4) is 10.7 Å². The number of carboxylic acid groups (broad SMARTS) is 1. The lowest BCUT2D eigenvalue weighted by molar-refractivity contribution is -0.137. The maximum absolute atomic E-state index is 10.3. The van der Waals surface area contributed by atoms with Crippen LogP contribution < -0.4 is 5.32 Å². The normalized spacial score (nSPS) is 10.8. The number of carboxylic acids is 1. The van der Waals surface area contributed by atoms with Gasteiger partial charge in [-0.2, -0.15) is 4.98 Å². The molecular weight excluding hydrogens is 278 g/mol. The summed E-state index contributed by atoms with van der Waals surface area (Å²) in [5, 5.41) is 17.6. The summed E-state index contributed by atoms with van der Waals surface area (Å²) in [5.74, 6) is 0.531. The Morgan fingerprint density at radius 2 is 2.25 bits per heavy atom. The molecule has 0 radical (unpaired) electrons. The molecule has 0 spiro atoms. The van der Waals surface area contributed by atoms with Gasteiger partial charge in [-0.1, -0.05) is 11.2 Å². The van der Waals surface area contributed by atoms with Gasteiger partial charge in [-0.05, 0) is 37.4 Å². The monoisotopic (exact) mass is 295 g/mol. The maximum Gasteiger partial charge on any atom is 0.303 e. The molecule has 6 nitrogen and oxygen atoms in total. The van der Waals surface area contributed by atoms with E-state index >= 15 is 0 Å². The molecular formula is C13H17N3O3S. The number of aromatic nitrogens is 2. The Morgan fingerprint density at radius 3 is 3.00 bits per heavy atom. The lowest BCUT2D eigenvalue weighted by atomic mass is 10.3. The second kappa shape index (κ2) is 7.76. The smallest absolute Gasteiger partial charge is 0.303 e. The van der Waals surface area contributed by atoms with Crippen molar-refractivity contribution in [3.05, 3.63) is 23.4 Å². The van der Waals surface area contributed by atoms with Crippen molar-refractivity contribution in [1.29, 1.82) is 0 Å². The summed E-state index contributed by atoms with van der Waals surface area (Å²) >= 11 is 1.58. The Balaban J connectivity index is 1.62. The van der Waals surface area contributed by atoms with Crippen LogP contribution in [0.15, 0.2) is 22.0 Å². The zero-order valence-electron chi connectivity index (χ0n) is 11.0. The third-order valence-electron chi connectivity index (χ3n) is 2.70. The minimum atomic E-state index is -0.751. The standard InChI is InChI=1S/C13H17N3O3S/c17-12(18)6-2-8-14-7-1-5-11-15-13(16-19-11)10-4-3-9-20-10/h3-4,9,14H,1-2,5-8H2,(H,17,18). The summed E-state index contributed by atoms with van der Waals surface area (Å²) in [6, 6.07) is 3.92. The van der Waals surface area contributed by atoms with Crippen LogP contribution in [0.2, 0.25) is 0 Å². The molecule has 108 valence electrons. The van der Waals surface area contributed by atoms with E-state index in [1.807, 2.05) is 17.5 Å². The average molecular weight is 295 g/mol. The van der Waals surface area contributed by atoms with Crippen molar-refractivity contribution in [2.45, 2.75) is 25.7 Å². The highest BCUT2D eigenvalue weighted by molar-refractivity contribution is 7.13. The van der Waals surface area contributed by atoms with Gasteiger partial charge in [0.25, 0.3) is 0 Å². The van der Waals surface area contributed by atoms with Gasteiger partial charge in [0.1, 0.15) is 0 Å². The van der Waals surface area contributed by atoms with Gasteiger partial charge >= 0.3 is 5.97 Å². The first-order valence-corrected chi connectivity index (χ1v) is 7.42. The van der Waals surface area contributed by atoms with Crippen molar-refractivity contribution in [1.82, 2.24) is 15.5 Å². The van der Waals surface area contributed by atoms with Gasteiger partial charge < -0.3 is 14.9 Å². The molecule has 20 heavy (non-hydrogen) atoms. The Morgan fingerprint density at radius 1 is 1.40 bits per heavy atom. The fraction of sp³-hybridized carbons (Fsp3) is 0.462. The summed E-state index contributed by atoms with van der Waals surface area (Å²) in [6.45, 7) is 1.53. The van der Waals surface area contributed by atoms with Crippen LogP contribution in [0.25, 0.3) is 10.7 Å². The summed E-state index contributed by atoms with van der Waals surface area (Å²) in [5.41, 5.74) is 0. The van der Waals surface area contributed by atoms with E-state index < -0.39 is 5.97 Å². The molecule has 0 aliphatic carbocycles. The van der Waals surface area contributed by atoms with Crippen molar-refractivity contribution in [2.24, 2.45) is 0 Å². The molecule has 0 aromatic carbocycles. The van der Waals surface area contributed by atoms with E-state index in [1.165, 1.54) is 0 Å². The highest BCUT2D eigenvalue weighted by Gasteiger charge is 2.08. The van der Waals surface area contributed by atoms with Crippen molar-refractivity contribution in [3.63, 3.8) is 0 Å². The van der Waals surface area contributed by atoms with Gasteiger partial charge in [0.15, 0.2) is 0 Å². The first-order valence-electron chi connectivity index (χ1n) is 6.54. The molecule has 2 aromatic rings. The van der Waals surface area contributed by atoms with Gasteiger partial charge in [0.2, 0.25) is 11.7 Å². The fourth-order valence-electron chi connectivity index (χ4n) is 1.72. The fourth-order valence-corrected chi connectivity index (χ4v) is 2.37. The van der Waals surface area contributed by atoms with Gasteiger partial charge in [0, 0.05) is 12.8 Å². The van der Waals surface area contributed by atoms with Gasteiger partial charge in [-0.15, -0.1) is 11.3 Å². The average Bonchev–Trinajstić information content (AvgIpc) is 3.08. The molecule has 2 aromatic heterocycles. The Labute approximate surface area is 120 Å². The van der Waals surface area contributed by atoms with Crippen LogP contribution in [0, 0.1) is 0 Å². The molecule has 0 aliphatic heterocycles. The number of hydrogen-bond donors (Lipinski definition) is 2. The molecule has 0 atom stereocenters. The molecule has 2 heterocycles. The zero-order valence-corrected chi connectivity index (χ0v) is 11.9. The van der Waals surface area contributed by atoms with E-state index in [4.69, 9.17) is 9.63 Å². The maximum atomic E-state index is 10.3. The number of thiophene rings is 1. The highest BCUT2D eigenvalue weighted by Crippen LogP contribution is 2.21. The second-order valence-corrected chi connectivity index (χ2v) is 5.29. The van der Waals surface area contributed by atoms with Crippen LogP contribution in [0.1, 0.15) is 25.2 Å². The van der Waals surface area contributed by atoms with E-state index in [9.17, 15) is 4.79 Å². The number of nitrogens with one attached hydrogen (secondary N) is 1. The third kappa shape index (κ3) is 4.75. The van der Waals surface area contributed by atoms with E-state index in [0.29, 0.717) is 18.1 Å². The lowest BCUT2D eigenvalue weighted by Gasteiger charge is -2.01. The van der Waals surface area contributed by atoms with Crippen LogP contribution in [0.4, 0.5) is 0 Å². The number of hydrogen-bond acceptors (Lipinski definition) is 6. The quantitative estimate of drug-likeness (QED) is 0.689. The zero-order chi connectivity index (χ0) is 14.2. The van der Waals surface area contributed by atoms with Crippen molar-refractivity contribution < 1.29 is 14.4 Å². The first kappa shape index (κ1) is 14.7. The molecule has 7 heteroatoms. The topological polar surface area (TPSA) is 88.2 Å². The number of nitrogens with zero attached hydrogens (tertiary/aromatic N) is 2. The van der Waals surface area contributed by atoms with Crippen molar-refractivity contribution >= 4 is 17.3 Å². The second-order valence-electron chi connectivity index (χ2n) is 4.34. The van der Waals surface area contributed by atoms with E-state index in [-0.39, 0.29) is 6.42 Å². The first-order chi connectivity index (χ1) is 9.75. The Hall–Kier alpha value is -1.73. The predicted octanol–water partition coefficient (Wildman–Crippen LogP) is 2.19. The minimum Gasteiger partial charge on any atom is -0.481 e. The molecule has 0 saturated carbocycles. The molecule has 0 fully saturated rings. The predicted molar refractivity (Wildman–Crippen MR) is 75.7 cm³/mol. The van der Waals surface area contributed by atoms with Crippen LogP contribution in [-0.4, -0.2) is 34.3 Å². The summed E-state index contributed by atoms with van der Waals surface area (Å²) in [6.07, 6.45) is 2.47. The molecule has 0 aliphatic rings. The molecule has 2 rings (SSSR count). The number of carbonyl (C=O) groups is 1. The van der Waals surface area contributed by atoms with Gasteiger partial charge in [-0.25, -0.2) is 0 Å². The number of aryl methyl sites for hydroxylation is 1. The Kier molecular flexibility index (Phi) is 5.69. The van der Waals surface area contributed by atoms with E-state index in [2.05, 4.69) is 15.5 Å². The summed E-state index contributed by atoms with van der Waals surface area (Å²) in [7, 11) is 0. The highest BCUT2D eigenvalue weighted by atomic mass is 32.1. The Bertz CT molecular complexity index is 525. The molecule has 0 saturated heterocycles. The van der Waals surface area contributed by atoms with Gasteiger partial charge in [-0.3, -0.25) is 4.79 Å². The summed E-state index contributed by atoms with van der Waals surface area (Å²) < 4.78 is 5.19.